The van der Waals surface area contributed by atoms with Gasteiger partial charge in [0.05, 0.1) is 23.7 Å². The summed E-state index contributed by atoms with van der Waals surface area (Å²) >= 11 is 0. The van der Waals surface area contributed by atoms with Crippen LogP contribution in [-0.4, -0.2) is 61.7 Å². The first kappa shape index (κ1) is 26.3. The molecule has 4 N–H and O–H groups in total. The Bertz CT molecular complexity index is 973. The van der Waals surface area contributed by atoms with Gasteiger partial charge < -0.3 is 25.2 Å². The van der Waals surface area contributed by atoms with Crippen molar-refractivity contribution in [2.75, 3.05) is 0 Å². The van der Waals surface area contributed by atoms with Gasteiger partial charge in [-0.05, 0) is 86.7 Å². The number of hydrogen-bond acceptors (Lipinski definition) is 7. The van der Waals surface area contributed by atoms with E-state index < -0.39 is 40.3 Å². The molecule has 12 atom stereocenters. The first-order chi connectivity index (χ1) is 16.7. The minimum Gasteiger partial charge on any atom is -0.459 e. The molecule has 1 saturated heterocycles. The van der Waals surface area contributed by atoms with Gasteiger partial charge in [-0.3, -0.25) is 9.59 Å². The van der Waals surface area contributed by atoms with E-state index in [0.29, 0.717) is 32.1 Å². The van der Waals surface area contributed by atoms with Crippen LogP contribution in [0.25, 0.3) is 0 Å². The van der Waals surface area contributed by atoms with E-state index in [0.717, 1.165) is 18.4 Å². The lowest BCUT2D eigenvalue weighted by atomic mass is 9.45. The van der Waals surface area contributed by atoms with Gasteiger partial charge in [0, 0.05) is 11.3 Å². The number of esters is 1. The molecule has 5 rings (SSSR count). The van der Waals surface area contributed by atoms with Crippen molar-refractivity contribution < 1.29 is 34.8 Å². The van der Waals surface area contributed by atoms with E-state index >= 15 is 0 Å². The number of aliphatic hydroxyl groups excluding tert-OH is 2. The van der Waals surface area contributed by atoms with Gasteiger partial charge in [-0.1, -0.05) is 34.1 Å². The summed E-state index contributed by atoms with van der Waals surface area (Å²) < 4.78 is 5.81. The molecule has 0 bridgehead atoms. The van der Waals surface area contributed by atoms with Crippen LogP contribution >= 0.6 is 0 Å². The van der Waals surface area contributed by atoms with Crippen molar-refractivity contribution in [1.82, 2.24) is 0 Å². The topological polar surface area (TPSA) is 124 Å². The maximum atomic E-state index is 13.4. The number of allylic oxidation sites excluding steroid dienone is 1. The van der Waals surface area contributed by atoms with Crippen molar-refractivity contribution in [3.63, 3.8) is 0 Å². The van der Waals surface area contributed by atoms with Gasteiger partial charge in [0.15, 0.2) is 5.78 Å². The van der Waals surface area contributed by atoms with Gasteiger partial charge in [0.2, 0.25) is 0 Å². The number of rotatable bonds is 3. The van der Waals surface area contributed by atoms with Crippen molar-refractivity contribution in [3.05, 3.63) is 11.6 Å². The Labute approximate surface area is 214 Å². The van der Waals surface area contributed by atoms with Gasteiger partial charge in [0.25, 0.3) is 0 Å². The maximum absolute atomic E-state index is 13.4. The SMILES string of the molecule is CC[C@@H]1C[C@@H]([C@](C)(O)[C@H]2CC[C@@]3(O)C4=CC(=O)[C@@H]5C[C@@H](O)[C@@H](O)C[C@]5(C)[C@H]4CC[C@]23C)OC(=O)[C@H]1C. The Morgan fingerprint density at radius 3 is 2.44 bits per heavy atom. The van der Waals surface area contributed by atoms with E-state index in [1.54, 1.807) is 13.0 Å². The van der Waals surface area contributed by atoms with Crippen LogP contribution in [-0.2, 0) is 14.3 Å². The average Bonchev–Trinajstić information content (AvgIpc) is 3.09. The summed E-state index contributed by atoms with van der Waals surface area (Å²) in [6.45, 7) is 9.77. The largest absolute Gasteiger partial charge is 0.459 e. The quantitative estimate of drug-likeness (QED) is 0.436. The maximum Gasteiger partial charge on any atom is 0.309 e. The molecular weight excluding hydrogens is 460 g/mol. The highest BCUT2D eigenvalue weighted by molar-refractivity contribution is 5.95. The molecule has 0 aromatic heterocycles. The summed E-state index contributed by atoms with van der Waals surface area (Å²) in [7, 11) is 0. The Morgan fingerprint density at radius 1 is 1.08 bits per heavy atom. The number of cyclic esters (lactones) is 1. The van der Waals surface area contributed by atoms with Crippen LogP contribution in [0.1, 0.15) is 86.0 Å². The molecule has 1 aliphatic heterocycles. The Kier molecular flexibility index (Phi) is 6.11. The van der Waals surface area contributed by atoms with Crippen molar-refractivity contribution in [1.29, 1.82) is 0 Å². The van der Waals surface area contributed by atoms with Crippen LogP contribution in [0, 0.1) is 40.4 Å². The number of ketones is 1. The summed E-state index contributed by atoms with van der Waals surface area (Å²) in [6, 6.07) is 0. The summed E-state index contributed by atoms with van der Waals surface area (Å²) in [5.74, 6) is -1.13. The Hall–Kier alpha value is -1.28. The summed E-state index contributed by atoms with van der Waals surface area (Å²) in [4.78, 5) is 26.0. The summed E-state index contributed by atoms with van der Waals surface area (Å²) in [5, 5.41) is 45.2. The van der Waals surface area contributed by atoms with Crippen LogP contribution < -0.4 is 0 Å². The highest BCUT2D eigenvalue weighted by Gasteiger charge is 2.69. The first-order valence-corrected chi connectivity index (χ1v) is 14.0. The molecule has 5 aliphatic rings. The van der Waals surface area contributed by atoms with Crippen LogP contribution in [0.3, 0.4) is 0 Å². The standard InChI is InChI=1S/C29H44O7/c1-6-16-11-24(36-25(33)15(16)2)28(5,34)23-8-10-29(35)18-12-20(30)19-13-21(31)22(32)14-26(19,3)17(18)7-9-27(23,29)4/h12,15-17,19,21-24,31-32,34-35H,6-11,13-14H2,1-5H3/t15-,16+,17-,19-,21+,22-,23-,24-,26+,27+,28+,29+/m0/s1. The molecule has 7 heteroatoms. The third kappa shape index (κ3) is 3.38. The summed E-state index contributed by atoms with van der Waals surface area (Å²) in [5.41, 5.74) is -3.05. The third-order valence-corrected chi connectivity index (χ3v) is 11.9. The number of hydrogen-bond donors (Lipinski definition) is 4. The lowest BCUT2D eigenvalue weighted by Gasteiger charge is -2.61. The monoisotopic (exact) mass is 504 g/mol. The highest BCUT2D eigenvalue weighted by Crippen LogP contribution is 2.68. The molecule has 0 aromatic carbocycles. The summed E-state index contributed by atoms with van der Waals surface area (Å²) in [6.07, 6.45) is 3.62. The molecule has 0 aromatic rings. The molecule has 7 nitrogen and oxygen atoms in total. The normalized spacial score (nSPS) is 52.4. The number of aliphatic hydroxyl groups is 4. The van der Waals surface area contributed by atoms with Crippen LogP contribution in [0.15, 0.2) is 11.6 Å². The predicted octanol–water partition coefficient (Wildman–Crippen LogP) is 2.92. The lowest BCUT2D eigenvalue weighted by Crippen LogP contribution is -2.63. The van der Waals surface area contributed by atoms with E-state index in [4.69, 9.17) is 4.74 Å². The molecule has 0 spiro atoms. The smallest absolute Gasteiger partial charge is 0.309 e. The average molecular weight is 505 g/mol. The first-order valence-electron chi connectivity index (χ1n) is 14.0. The predicted molar refractivity (Wildman–Crippen MR) is 133 cm³/mol. The lowest BCUT2D eigenvalue weighted by molar-refractivity contribution is -0.207. The Morgan fingerprint density at radius 2 is 1.78 bits per heavy atom. The number of ether oxygens (including phenoxy) is 1. The molecule has 0 amide bonds. The van der Waals surface area contributed by atoms with Gasteiger partial charge in [-0.2, -0.15) is 0 Å². The van der Waals surface area contributed by atoms with Crippen molar-refractivity contribution in [3.8, 4) is 0 Å². The van der Waals surface area contributed by atoms with Gasteiger partial charge in [-0.15, -0.1) is 0 Å². The van der Waals surface area contributed by atoms with Crippen LogP contribution in [0.4, 0.5) is 0 Å². The molecular formula is C29H44O7. The number of carbonyl (C=O) groups excluding carboxylic acids is 2. The van der Waals surface area contributed by atoms with Crippen molar-refractivity contribution >= 4 is 11.8 Å². The van der Waals surface area contributed by atoms with E-state index in [2.05, 4.69) is 6.92 Å². The van der Waals surface area contributed by atoms with E-state index in [-0.39, 0.29) is 47.8 Å². The fraction of sp³-hybridized carbons (Fsp3) is 0.862. The van der Waals surface area contributed by atoms with E-state index in [9.17, 15) is 30.0 Å². The molecule has 1 heterocycles. The highest BCUT2D eigenvalue weighted by atomic mass is 16.6. The zero-order valence-corrected chi connectivity index (χ0v) is 22.4. The van der Waals surface area contributed by atoms with Crippen molar-refractivity contribution in [2.45, 2.75) is 115 Å². The molecule has 0 unspecified atom stereocenters. The zero-order chi connectivity index (χ0) is 26.4. The number of carbonyl (C=O) groups is 2. The zero-order valence-electron chi connectivity index (χ0n) is 22.4. The second kappa shape index (κ2) is 8.36. The molecule has 4 fully saturated rings. The molecule has 202 valence electrons. The van der Waals surface area contributed by atoms with E-state index in [1.165, 1.54) is 0 Å². The van der Waals surface area contributed by atoms with Crippen LogP contribution in [0.2, 0.25) is 0 Å². The minimum absolute atomic E-state index is 0.0676. The minimum atomic E-state index is -1.31. The Balaban J connectivity index is 1.49. The van der Waals surface area contributed by atoms with E-state index in [1.807, 2.05) is 20.8 Å². The van der Waals surface area contributed by atoms with Gasteiger partial charge in [-0.25, -0.2) is 0 Å². The van der Waals surface area contributed by atoms with Gasteiger partial charge in [0.1, 0.15) is 11.7 Å². The fourth-order valence-corrected chi connectivity index (χ4v) is 9.38. The third-order valence-electron chi connectivity index (χ3n) is 11.9. The van der Waals surface area contributed by atoms with Gasteiger partial charge >= 0.3 is 5.97 Å². The molecule has 36 heavy (non-hydrogen) atoms. The second-order valence-electron chi connectivity index (χ2n) is 13.4. The second-order valence-corrected chi connectivity index (χ2v) is 13.4. The molecule has 4 aliphatic carbocycles. The number of fused-ring (bicyclic) bond motifs is 5. The molecule has 3 saturated carbocycles. The van der Waals surface area contributed by atoms with Crippen molar-refractivity contribution in [2.24, 2.45) is 40.4 Å². The fourth-order valence-electron chi connectivity index (χ4n) is 9.38. The van der Waals surface area contributed by atoms with Crippen LogP contribution in [0.5, 0.6) is 0 Å². The molecule has 0 radical (unpaired) electrons.